The molecule has 1 heterocycles. The summed E-state index contributed by atoms with van der Waals surface area (Å²) in [5.41, 5.74) is 1.44. The fraction of sp³-hybridized carbons (Fsp3) is 0.529. The second kappa shape index (κ2) is 6.39. The molecule has 1 saturated carbocycles. The summed E-state index contributed by atoms with van der Waals surface area (Å²) in [6, 6.07) is 11.4. The van der Waals surface area contributed by atoms with Crippen molar-refractivity contribution >= 4 is 0 Å². The molecule has 2 aromatic rings. The van der Waals surface area contributed by atoms with Crippen LogP contribution in [0.1, 0.15) is 36.6 Å². The van der Waals surface area contributed by atoms with Gasteiger partial charge in [0, 0.05) is 13.0 Å². The van der Waals surface area contributed by atoms with Crippen molar-refractivity contribution in [2.24, 2.45) is 5.92 Å². The fourth-order valence-corrected chi connectivity index (χ4v) is 3.48. The van der Waals surface area contributed by atoms with Crippen molar-refractivity contribution in [2.75, 3.05) is 7.05 Å². The van der Waals surface area contributed by atoms with Crippen LogP contribution < -0.4 is 0 Å². The van der Waals surface area contributed by atoms with Crippen molar-refractivity contribution < 1.29 is 4.42 Å². The van der Waals surface area contributed by atoms with E-state index in [0.29, 0.717) is 11.9 Å². The number of aryl methyl sites for hydroxylation is 1. The van der Waals surface area contributed by atoms with Crippen LogP contribution in [0.15, 0.2) is 34.7 Å². The molecule has 0 amide bonds. The standard InChI is InChI=1S/C17H23N3O/c1-13-18-19-17(21-13)12-20(2)16-10-6-9-15(16)11-14-7-4-3-5-8-14/h3-5,7-8,15-16H,6,9-12H2,1-2H3/t15-,16+/m1/s1. The molecule has 0 saturated heterocycles. The number of hydrogen-bond acceptors (Lipinski definition) is 4. The number of hydrogen-bond donors (Lipinski definition) is 0. The minimum atomic E-state index is 0.609. The van der Waals surface area contributed by atoms with Gasteiger partial charge in [-0.05, 0) is 37.8 Å². The largest absolute Gasteiger partial charge is 0.424 e. The van der Waals surface area contributed by atoms with Crippen molar-refractivity contribution in [2.45, 2.75) is 45.2 Å². The van der Waals surface area contributed by atoms with Crippen LogP contribution >= 0.6 is 0 Å². The average molecular weight is 285 g/mol. The Labute approximate surface area is 126 Å². The zero-order chi connectivity index (χ0) is 14.7. The van der Waals surface area contributed by atoms with Crippen LogP contribution in [0.25, 0.3) is 0 Å². The Morgan fingerprint density at radius 3 is 2.71 bits per heavy atom. The van der Waals surface area contributed by atoms with E-state index in [0.717, 1.165) is 18.4 Å². The quantitative estimate of drug-likeness (QED) is 0.846. The Hall–Kier alpha value is -1.68. The molecule has 0 radical (unpaired) electrons. The van der Waals surface area contributed by atoms with Gasteiger partial charge >= 0.3 is 0 Å². The van der Waals surface area contributed by atoms with E-state index in [4.69, 9.17) is 4.42 Å². The highest BCUT2D eigenvalue weighted by molar-refractivity contribution is 5.16. The summed E-state index contributed by atoms with van der Waals surface area (Å²) in [5, 5.41) is 8.02. The third-order valence-electron chi connectivity index (χ3n) is 4.48. The molecule has 2 atom stereocenters. The summed E-state index contributed by atoms with van der Waals surface area (Å²) in [5.74, 6) is 2.09. The van der Waals surface area contributed by atoms with E-state index in [-0.39, 0.29) is 0 Å². The van der Waals surface area contributed by atoms with Gasteiger partial charge in [0.25, 0.3) is 0 Å². The van der Waals surface area contributed by atoms with Gasteiger partial charge in [-0.1, -0.05) is 36.8 Å². The molecule has 3 rings (SSSR count). The Kier molecular flexibility index (Phi) is 4.34. The summed E-state index contributed by atoms with van der Waals surface area (Å²) in [7, 11) is 2.17. The van der Waals surface area contributed by atoms with Crippen molar-refractivity contribution in [3.05, 3.63) is 47.7 Å². The minimum absolute atomic E-state index is 0.609. The first-order valence-corrected chi connectivity index (χ1v) is 7.75. The van der Waals surface area contributed by atoms with Crippen LogP contribution in [-0.4, -0.2) is 28.2 Å². The maximum Gasteiger partial charge on any atom is 0.230 e. The Morgan fingerprint density at radius 1 is 1.19 bits per heavy atom. The minimum Gasteiger partial charge on any atom is -0.424 e. The van der Waals surface area contributed by atoms with E-state index in [1.807, 2.05) is 6.92 Å². The lowest BCUT2D eigenvalue weighted by Gasteiger charge is -2.28. The van der Waals surface area contributed by atoms with Gasteiger partial charge in [0.15, 0.2) is 0 Å². The number of benzene rings is 1. The third-order valence-corrected chi connectivity index (χ3v) is 4.48. The van der Waals surface area contributed by atoms with Crippen LogP contribution in [0.4, 0.5) is 0 Å². The second-order valence-corrected chi connectivity index (χ2v) is 6.08. The van der Waals surface area contributed by atoms with Crippen LogP contribution in [0.3, 0.4) is 0 Å². The molecule has 0 unspecified atom stereocenters. The first-order chi connectivity index (χ1) is 10.2. The fourth-order valence-electron chi connectivity index (χ4n) is 3.48. The van der Waals surface area contributed by atoms with Gasteiger partial charge in [0.2, 0.25) is 11.8 Å². The molecule has 1 aliphatic carbocycles. The summed E-state index contributed by atoms with van der Waals surface area (Å²) in [6.07, 6.45) is 5.06. The number of nitrogens with zero attached hydrogens (tertiary/aromatic N) is 3. The lowest BCUT2D eigenvalue weighted by Crippen LogP contribution is -2.35. The highest BCUT2D eigenvalue weighted by Crippen LogP contribution is 2.32. The van der Waals surface area contributed by atoms with E-state index in [1.165, 1.54) is 31.2 Å². The van der Waals surface area contributed by atoms with Crippen molar-refractivity contribution in [3.8, 4) is 0 Å². The van der Waals surface area contributed by atoms with Crippen molar-refractivity contribution in [1.29, 1.82) is 0 Å². The number of aromatic nitrogens is 2. The smallest absolute Gasteiger partial charge is 0.230 e. The average Bonchev–Trinajstić information content (AvgIpc) is 3.09. The molecular formula is C17H23N3O. The summed E-state index contributed by atoms with van der Waals surface area (Å²) >= 11 is 0. The van der Waals surface area contributed by atoms with Gasteiger partial charge in [-0.3, -0.25) is 4.90 Å². The maximum atomic E-state index is 5.50. The first kappa shape index (κ1) is 14.3. The summed E-state index contributed by atoms with van der Waals surface area (Å²) < 4.78 is 5.50. The van der Waals surface area contributed by atoms with Crippen LogP contribution in [0.5, 0.6) is 0 Å². The molecule has 1 aliphatic rings. The highest BCUT2D eigenvalue weighted by atomic mass is 16.4. The normalized spacial score (nSPS) is 22.0. The van der Waals surface area contributed by atoms with Crippen LogP contribution in [-0.2, 0) is 13.0 Å². The van der Waals surface area contributed by atoms with Gasteiger partial charge < -0.3 is 4.42 Å². The molecular weight excluding hydrogens is 262 g/mol. The molecule has 112 valence electrons. The lowest BCUT2D eigenvalue weighted by molar-refractivity contribution is 0.173. The maximum absolute atomic E-state index is 5.50. The monoisotopic (exact) mass is 285 g/mol. The predicted molar refractivity (Wildman–Crippen MR) is 81.8 cm³/mol. The molecule has 0 N–H and O–H groups in total. The molecule has 0 bridgehead atoms. The van der Waals surface area contributed by atoms with Crippen LogP contribution in [0, 0.1) is 12.8 Å². The first-order valence-electron chi connectivity index (χ1n) is 7.75. The predicted octanol–water partition coefficient (Wildman–Crippen LogP) is 3.22. The van der Waals surface area contributed by atoms with Gasteiger partial charge in [-0.25, -0.2) is 0 Å². The van der Waals surface area contributed by atoms with Gasteiger partial charge in [0.05, 0.1) is 6.54 Å². The van der Waals surface area contributed by atoms with Gasteiger partial charge in [-0.2, -0.15) is 0 Å². The Bertz CT molecular complexity index is 566. The lowest BCUT2D eigenvalue weighted by atomic mass is 9.94. The zero-order valence-corrected chi connectivity index (χ0v) is 12.8. The van der Waals surface area contributed by atoms with E-state index in [1.54, 1.807) is 0 Å². The molecule has 1 fully saturated rings. The molecule has 21 heavy (non-hydrogen) atoms. The van der Waals surface area contributed by atoms with Crippen molar-refractivity contribution in [1.82, 2.24) is 15.1 Å². The molecule has 0 spiro atoms. The summed E-state index contributed by atoms with van der Waals surface area (Å²) in [6.45, 7) is 2.58. The molecule has 4 nitrogen and oxygen atoms in total. The van der Waals surface area contributed by atoms with E-state index >= 15 is 0 Å². The van der Waals surface area contributed by atoms with E-state index in [9.17, 15) is 0 Å². The topological polar surface area (TPSA) is 42.2 Å². The molecule has 1 aromatic heterocycles. The number of rotatable bonds is 5. The SMILES string of the molecule is Cc1nnc(CN(C)[C@H]2CCC[C@@H]2Cc2ccccc2)o1. The second-order valence-electron chi connectivity index (χ2n) is 6.08. The Balaban J connectivity index is 1.63. The zero-order valence-electron chi connectivity index (χ0n) is 12.8. The Morgan fingerprint density at radius 2 is 2.00 bits per heavy atom. The highest BCUT2D eigenvalue weighted by Gasteiger charge is 2.30. The third kappa shape index (κ3) is 3.50. The molecule has 1 aromatic carbocycles. The van der Waals surface area contributed by atoms with Gasteiger partial charge in [0.1, 0.15) is 0 Å². The summed E-state index contributed by atoms with van der Waals surface area (Å²) in [4.78, 5) is 2.38. The van der Waals surface area contributed by atoms with Gasteiger partial charge in [-0.15, -0.1) is 10.2 Å². The molecule has 4 heteroatoms. The molecule has 0 aliphatic heterocycles. The van der Waals surface area contributed by atoms with Crippen molar-refractivity contribution in [3.63, 3.8) is 0 Å². The van der Waals surface area contributed by atoms with Crippen LogP contribution in [0.2, 0.25) is 0 Å². The van der Waals surface area contributed by atoms with E-state index < -0.39 is 0 Å². The van der Waals surface area contributed by atoms with E-state index in [2.05, 4.69) is 52.5 Å².